The number of hydrogen-bond acceptors (Lipinski definition) is 3. The Bertz CT molecular complexity index is 436. The van der Waals surface area contributed by atoms with Crippen molar-refractivity contribution in [2.75, 3.05) is 7.05 Å². The Morgan fingerprint density at radius 2 is 1.88 bits per heavy atom. The van der Waals surface area contributed by atoms with Crippen molar-refractivity contribution in [1.82, 2.24) is 15.3 Å². The molecule has 1 aromatic carbocycles. The van der Waals surface area contributed by atoms with Gasteiger partial charge >= 0.3 is 0 Å². The normalized spacial score (nSPS) is 12.4. The molecule has 0 radical (unpaired) electrons. The van der Waals surface area contributed by atoms with Crippen LogP contribution in [0.4, 0.5) is 0 Å². The molecule has 0 fully saturated rings. The second-order valence-electron chi connectivity index (χ2n) is 3.72. The molecule has 3 heteroatoms. The molecule has 1 heterocycles. The maximum Gasteiger partial charge on any atom is 0.0885 e. The SMILES string of the molecule is CNC(C)c1ccc(-c2cnccn2)cc1. The highest BCUT2D eigenvalue weighted by Gasteiger charge is 2.03. The summed E-state index contributed by atoms with van der Waals surface area (Å²) in [6.07, 6.45) is 5.16. The minimum Gasteiger partial charge on any atom is -0.313 e. The summed E-state index contributed by atoms with van der Waals surface area (Å²) in [7, 11) is 1.96. The second kappa shape index (κ2) is 4.86. The fraction of sp³-hybridized carbons (Fsp3) is 0.231. The van der Waals surface area contributed by atoms with Crippen LogP contribution in [0.5, 0.6) is 0 Å². The van der Waals surface area contributed by atoms with Crippen molar-refractivity contribution in [3.05, 3.63) is 48.4 Å². The lowest BCUT2D eigenvalue weighted by Gasteiger charge is -2.10. The van der Waals surface area contributed by atoms with Gasteiger partial charge in [-0.25, -0.2) is 0 Å². The molecule has 0 bridgehead atoms. The first-order valence-electron chi connectivity index (χ1n) is 5.35. The van der Waals surface area contributed by atoms with Crippen LogP contribution in [0.2, 0.25) is 0 Å². The average Bonchev–Trinajstić information content (AvgIpc) is 2.39. The Labute approximate surface area is 95.6 Å². The predicted octanol–water partition coefficient (Wildman–Crippen LogP) is 2.42. The molecule has 1 N–H and O–H groups in total. The first-order chi connectivity index (χ1) is 7.81. The molecule has 0 aliphatic heterocycles. The van der Waals surface area contributed by atoms with Crippen LogP contribution in [0, 0.1) is 0 Å². The highest BCUT2D eigenvalue weighted by atomic mass is 14.8. The zero-order valence-electron chi connectivity index (χ0n) is 9.51. The largest absolute Gasteiger partial charge is 0.313 e. The van der Waals surface area contributed by atoms with Crippen LogP contribution in [0.1, 0.15) is 18.5 Å². The second-order valence-corrected chi connectivity index (χ2v) is 3.72. The van der Waals surface area contributed by atoms with E-state index in [2.05, 4.69) is 46.5 Å². The molecule has 3 nitrogen and oxygen atoms in total. The third kappa shape index (κ3) is 2.25. The number of nitrogens with zero attached hydrogens (tertiary/aromatic N) is 2. The van der Waals surface area contributed by atoms with Gasteiger partial charge in [0.2, 0.25) is 0 Å². The summed E-state index contributed by atoms with van der Waals surface area (Å²) in [6.45, 7) is 2.14. The van der Waals surface area contributed by atoms with E-state index in [0.29, 0.717) is 6.04 Å². The van der Waals surface area contributed by atoms with Gasteiger partial charge in [0.05, 0.1) is 11.9 Å². The van der Waals surface area contributed by atoms with E-state index in [-0.39, 0.29) is 0 Å². The van der Waals surface area contributed by atoms with Gasteiger partial charge in [-0.2, -0.15) is 0 Å². The first kappa shape index (κ1) is 10.8. The summed E-state index contributed by atoms with van der Waals surface area (Å²) in [4.78, 5) is 8.33. The van der Waals surface area contributed by atoms with Crippen LogP contribution >= 0.6 is 0 Å². The Kier molecular flexibility index (Phi) is 3.27. The highest BCUT2D eigenvalue weighted by molar-refractivity contribution is 5.58. The molecule has 0 aliphatic carbocycles. The van der Waals surface area contributed by atoms with Gasteiger partial charge in [-0.1, -0.05) is 24.3 Å². The minimum atomic E-state index is 0.371. The summed E-state index contributed by atoms with van der Waals surface area (Å²) >= 11 is 0. The molecular formula is C13H15N3. The van der Waals surface area contributed by atoms with E-state index in [1.54, 1.807) is 18.6 Å². The van der Waals surface area contributed by atoms with Gasteiger partial charge in [0, 0.05) is 24.0 Å². The van der Waals surface area contributed by atoms with Crippen LogP contribution in [0.3, 0.4) is 0 Å². The molecule has 16 heavy (non-hydrogen) atoms. The number of benzene rings is 1. The van der Waals surface area contributed by atoms with Crippen LogP contribution in [0.15, 0.2) is 42.9 Å². The van der Waals surface area contributed by atoms with Gasteiger partial charge in [0.15, 0.2) is 0 Å². The average molecular weight is 213 g/mol. The van der Waals surface area contributed by atoms with Gasteiger partial charge < -0.3 is 5.32 Å². The molecule has 0 saturated carbocycles. The zero-order valence-corrected chi connectivity index (χ0v) is 9.51. The lowest BCUT2D eigenvalue weighted by molar-refractivity contribution is 0.652. The monoisotopic (exact) mass is 213 g/mol. The van der Waals surface area contributed by atoms with Crippen molar-refractivity contribution in [3.63, 3.8) is 0 Å². The summed E-state index contributed by atoms with van der Waals surface area (Å²) < 4.78 is 0. The maximum atomic E-state index is 4.27. The Hall–Kier alpha value is -1.74. The van der Waals surface area contributed by atoms with Crippen molar-refractivity contribution in [2.45, 2.75) is 13.0 Å². The number of aromatic nitrogens is 2. The molecule has 2 aromatic rings. The maximum absolute atomic E-state index is 4.27. The van der Waals surface area contributed by atoms with Crippen LogP contribution in [0.25, 0.3) is 11.3 Å². The molecule has 0 amide bonds. The van der Waals surface area contributed by atoms with Crippen molar-refractivity contribution >= 4 is 0 Å². The molecule has 82 valence electrons. The summed E-state index contributed by atoms with van der Waals surface area (Å²) in [5.41, 5.74) is 3.28. The summed E-state index contributed by atoms with van der Waals surface area (Å²) in [6, 6.07) is 8.76. The quantitative estimate of drug-likeness (QED) is 0.850. The molecule has 0 saturated heterocycles. The Balaban J connectivity index is 2.26. The number of hydrogen-bond donors (Lipinski definition) is 1. The van der Waals surface area contributed by atoms with E-state index in [4.69, 9.17) is 0 Å². The minimum absolute atomic E-state index is 0.371. The van der Waals surface area contributed by atoms with Gasteiger partial charge in [0.25, 0.3) is 0 Å². The number of nitrogens with one attached hydrogen (secondary N) is 1. The Morgan fingerprint density at radius 3 is 2.44 bits per heavy atom. The van der Waals surface area contributed by atoms with Crippen molar-refractivity contribution in [1.29, 1.82) is 0 Å². The summed E-state index contributed by atoms with van der Waals surface area (Å²) in [5, 5.41) is 3.21. The molecular weight excluding hydrogens is 198 g/mol. The lowest BCUT2D eigenvalue weighted by Crippen LogP contribution is -2.11. The third-order valence-electron chi connectivity index (χ3n) is 2.70. The first-order valence-corrected chi connectivity index (χ1v) is 5.35. The molecule has 0 spiro atoms. The Morgan fingerprint density at radius 1 is 1.12 bits per heavy atom. The van der Waals surface area contributed by atoms with Crippen LogP contribution < -0.4 is 5.32 Å². The van der Waals surface area contributed by atoms with Gasteiger partial charge in [0.1, 0.15) is 0 Å². The molecule has 1 unspecified atom stereocenters. The lowest BCUT2D eigenvalue weighted by atomic mass is 10.1. The predicted molar refractivity (Wildman–Crippen MR) is 64.9 cm³/mol. The third-order valence-corrected chi connectivity index (χ3v) is 2.70. The van der Waals surface area contributed by atoms with E-state index in [1.807, 2.05) is 7.05 Å². The van der Waals surface area contributed by atoms with Crippen molar-refractivity contribution < 1.29 is 0 Å². The molecule has 1 atom stereocenters. The fourth-order valence-corrected chi connectivity index (χ4v) is 1.56. The van der Waals surface area contributed by atoms with E-state index >= 15 is 0 Å². The number of rotatable bonds is 3. The smallest absolute Gasteiger partial charge is 0.0885 e. The van der Waals surface area contributed by atoms with Gasteiger partial charge in [-0.05, 0) is 19.5 Å². The van der Waals surface area contributed by atoms with Crippen molar-refractivity contribution in [2.24, 2.45) is 0 Å². The van der Waals surface area contributed by atoms with Crippen LogP contribution in [-0.4, -0.2) is 17.0 Å². The van der Waals surface area contributed by atoms with E-state index in [0.717, 1.165) is 11.3 Å². The highest BCUT2D eigenvalue weighted by Crippen LogP contribution is 2.19. The molecule has 1 aromatic heterocycles. The zero-order chi connectivity index (χ0) is 11.4. The van der Waals surface area contributed by atoms with E-state index in [9.17, 15) is 0 Å². The topological polar surface area (TPSA) is 37.8 Å². The van der Waals surface area contributed by atoms with Gasteiger partial charge in [-0.15, -0.1) is 0 Å². The van der Waals surface area contributed by atoms with Crippen LogP contribution in [-0.2, 0) is 0 Å². The summed E-state index contributed by atoms with van der Waals surface area (Å²) in [5.74, 6) is 0. The van der Waals surface area contributed by atoms with Gasteiger partial charge in [-0.3, -0.25) is 9.97 Å². The molecule has 0 aliphatic rings. The van der Waals surface area contributed by atoms with E-state index < -0.39 is 0 Å². The van der Waals surface area contributed by atoms with E-state index in [1.165, 1.54) is 5.56 Å². The standard InChI is InChI=1S/C13H15N3/c1-10(14-2)11-3-5-12(6-4-11)13-9-15-7-8-16-13/h3-10,14H,1-2H3. The fourth-order valence-electron chi connectivity index (χ4n) is 1.56. The molecule has 2 rings (SSSR count). The van der Waals surface area contributed by atoms with Crippen molar-refractivity contribution in [3.8, 4) is 11.3 Å².